The smallest absolute Gasteiger partial charge is 0.0106 e. The van der Waals surface area contributed by atoms with Crippen molar-refractivity contribution in [1.29, 1.82) is 0 Å². The van der Waals surface area contributed by atoms with E-state index in [-0.39, 0.29) is 5.41 Å². The van der Waals surface area contributed by atoms with Gasteiger partial charge in [-0.05, 0) is 49.0 Å². The minimum Gasteiger partial charge on any atom is -0.0993 e. The van der Waals surface area contributed by atoms with Gasteiger partial charge in [0.2, 0.25) is 0 Å². The Hall–Kier alpha value is -1.82. The Kier molecular flexibility index (Phi) is 7.29. The van der Waals surface area contributed by atoms with E-state index < -0.39 is 0 Å². The Morgan fingerprint density at radius 3 is 2.43 bits per heavy atom. The molecule has 0 nitrogen and oxygen atoms in total. The van der Waals surface area contributed by atoms with Crippen molar-refractivity contribution in [3.05, 3.63) is 77.9 Å². The predicted octanol–water partition coefficient (Wildman–Crippen LogP) is 7.03. The second kappa shape index (κ2) is 8.72. The van der Waals surface area contributed by atoms with Crippen molar-refractivity contribution >= 4 is 5.57 Å². The molecule has 0 saturated carbocycles. The highest BCUT2D eigenvalue weighted by Crippen LogP contribution is 2.36. The molecule has 0 fully saturated rings. The van der Waals surface area contributed by atoms with Crippen LogP contribution < -0.4 is 0 Å². The Morgan fingerprint density at radius 2 is 1.87 bits per heavy atom. The summed E-state index contributed by atoms with van der Waals surface area (Å²) in [6, 6.07) is 6.93. The molecule has 0 saturated heterocycles. The first-order valence-electron chi connectivity index (χ1n) is 8.60. The quantitative estimate of drug-likeness (QED) is 0.357. The van der Waals surface area contributed by atoms with E-state index in [2.05, 4.69) is 72.1 Å². The van der Waals surface area contributed by atoms with E-state index in [1.165, 1.54) is 40.7 Å². The molecule has 0 N–H and O–H groups in total. The number of benzene rings is 1. The largest absolute Gasteiger partial charge is 0.0993 e. The molecule has 23 heavy (non-hydrogen) atoms. The Morgan fingerprint density at radius 1 is 1.17 bits per heavy atom. The standard InChI is InChI=1S/C23H32/c1-8-10-12-13-19(5)21-16-15-20(14-11-9-2)17-22(21)23(6,7)18(3)4/h8,10,12-13,15-17H,1,3,9,11,14H2,2,4-7H3/b12-10-,19-13+. The summed E-state index contributed by atoms with van der Waals surface area (Å²) < 4.78 is 0. The monoisotopic (exact) mass is 308 g/mol. The Bertz CT molecular complexity index is 609. The molecule has 1 rings (SSSR count). The Balaban J connectivity index is 3.39. The fourth-order valence-electron chi connectivity index (χ4n) is 2.59. The zero-order valence-electron chi connectivity index (χ0n) is 15.6. The van der Waals surface area contributed by atoms with E-state index in [1.807, 2.05) is 12.2 Å². The van der Waals surface area contributed by atoms with Gasteiger partial charge >= 0.3 is 0 Å². The third kappa shape index (κ3) is 5.10. The number of rotatable bonds is 8. The lowest BCUT2D eigenvalue weighted by atomic mass is 9.75. The number of allylic oxidation sites excluding steroid dienone is 6. The summed E-state index contributed by atoms with van der Waals surface area (Å²) in [7, 11) is 0. The third-order valence-electron chi connectivity index (χ3n) is 4.66. The molecule has 0 radical (unpaired) electrons. The van der Waals surface area contributed by atoms with E-state index in [4.69, 9.17) is 0 Å². The van der Waals surface area contributed by atoms with Crippen LogP contribution in [0.5, 0.6) is 0 Å². The van der Waals surface area contributed by atoms with E-state index in [0.29, 0.717) is 0 Å². The lowest BCUT2D eigenvalue weighted by Crippen LogP contribution is -2.20. The van der Waals surface area contributed by atoms with Crippen molar-refractivity contribution in [3.63, 3.8) is 0 Å². The molecule has 0 heteroatoms. The van der Waals surface area contributed by atoms with Crippen LogP contribution in [0.1, 0.15) is 64.2 Å². The lowest BCUT2D eigenvalue weighted by Gasteiger charge is -2.29. The van der Waals surface area contributed by atoms with Crippen LogP contribution in [0.4, 0.5) is 0 Å². The van der Waals surface area contributed by atoms with Crippen LogP contribution in [0.25, 0.3) is 5.57 Å². The number of hydrogen-bond donors (Lipinski definition) is 0. The predicted molar refractivity (Wildman–Crippen MR) is 106 cm³/mol. The zero-order valence-corrected chi connectivity index (χ0v) is 15.6. The molecule has 0 aromatic heterocycles. The highest BCUT2D eigenvalue weighted by atomic mass is 14.3. The minimum atomic E-state index is -0.0329. The Labute approximate surface area is 143 Å². The molecule has 124 valence electrons. The van der Waals surface area contributed by atoms with Crippen molar-refractivity contribution in [3.8, 4) is 0 Å². The topological polar surface area (TPSA) is 0 Å². The van der Waals surface area contributed by atoms with Crippen LogP contribution in [0.3, 0.4) is 0 Å². The van der Waals surface area contributed by atoms with Crippen molar-refractivity contribution in [2.45, 2.75) is 59.3 Å². The molecule has 0 bridgehead atoms. The van der Waals surface area contributed by atoms with Gasteiger partial charge < -0.3 is 0 Å². The van der Waals surface area contributed by atoms with Crippen molar-refractivity contribution < 1.29 is 0 Å². The molecule has 0 amide bonds. The SMILES string of the molecule is C=C/C=C\C=C(/C)c1ccc(CCCC)cc1C(C)(C)C(=C)C. The normalized spacial score (nSPS) is 12.7. The first-order valence-corrected chi connectivity index (χ1v) is 8.60. The van der Waals surface area contributed by atoms with E-state index in [0.717, 1.165) is 6.42 Å². The van der Waals surface area contributed by atoms with Crippen molar-refractivity contribution in [1.82, 2.24) is 0 Å². The second-order valence-electron chi connectivity index (χ2n) is 6.86. The van der Waals surface area contributed by atoms with Gasteiger partial charge in [0.1, 0.15) is 0 Å². The molecule has 0 unspecified atom stereocenters. The van der Waals surface area contributed by atoms with Crippen LogP contribution in [0, 0.1) is 0 Å². The summed E-state index contributed by atoms with van der Waals surface area (Å²) >= 11 is 0. The van der Waals surface area contributed by atoms with Gasteiger partial charge in [0.25, 0.3) is 0 Å². The molecule has 0 spiro atoms. The average molecular weight is 309 g/mol. The fourth-order valence-corrected chi connectivity index (χ4v) is 2.59. The van der Waals surface area contributed by atoms with Crippen LogP contribution in [0.15, 0.2) is 61.2 Å². The average Bonchev–Trinajstić information content (AvgIpc) is 2.52. The molecule has 0 aliphatic carbocycles. The molecule has 1 aromatic carbocycles. The first-order chi connectivity index (χ1) is 10.8. The van der Waals surface area contributed by atoms with E-state index in [1.54, 1.807) is 6.08 Å². The minimum absolute atomic E-state index is 0.0329. The van der Waals surface area contributed by atoms with Gasteiger partial charge in [-0.15, -0.1) is 0 Å². The molecule has 0 heterocycles. The number of hydrogen-bond acceptors (Lipinski definition) is 0. The zero-order chi connectivity index (χ0) is 17.5. The number of unbranched alkanes of at least 4 members (excludes halogenated alkanes) is 1. The van der Waals surface area contributed by atoms with E-state index >= 15 is 0 Å². The molecule has 1 aromatic rings. The molecule has 0 atom stereocenters. The second-order valence-corrected chi connectivity index (χ2v) is 6.86. The van der Waals surface area contributed by atoms with E-state index in [9.17, 15) is 0 Å². The summed E-state index contributed by atoms with van der Waals surface area (Å²) in [5.41, 5.74) is 6.55. The van der Waals surface area contributed by atoms with Gasteiger partial charge in [-0.1, -0.05) is 88.4 Å². The van der Waals surface area contributed by atoms with Gasteiger partial charge in [-0.2, -0.15) is 0 Å². The maximum Gasteiger partial charge on any atom is 0.0106 e. The lowest BCUT2D eigenvalue weighted by molar-refractivity contribution is 0.622. The van der Waals surface area contributed by atoms with Crippen LogP contribution >= 0.6 is 0 Å². The highest BCUT2D eigenvalue weighted by Gasteiger charge is 2.25. The van der Waals surface area contributed by atoms with Gasteiger partial charge in [0, 0.05) is 5.41 Å². The fraction of sp³-hybridized carbons (Fsp3) is 0.391. The van der Waals surface area contributed by atoms with Gasteiger partial charge in [0.05, 0.1) is 0 Å². The maximum absolute atomic E-state index is 4.22. The summed E-state index contributed by atoms with van der Waals surface area (Å²) in [6.07, 6.45) is 11.6. The van der Waals surface area contributed by atoms with Gasteiger partial charge in [-0.25, -0.2) is 0 Å². The number of aryl methyl sites for hydroxylation is 1. The van der Waals surface area contributed by atoms with Gasteiger partial charge in [0.15, 0.2) is 0 Å². The van der Waals surface area contributed by atoms with Crippen molar-refractivity contribution in [2.24, 2.45) is 0 Å². The molecular formula is C23H32. The molecule has 0 aliphatic rings. The maximum atomic E-state index is 4.22. The summed E-state index contributed by atoms with van der Waals surface area (Å²) in [6.45, 7) is 19.0. The van der Waals surface area contributed by atoms with Crippen LogP contribution in [-0.4, -0.2) is 0 Å². The molecule has 0 aliphatic heterocycles. The van der Waals surface area contributed by atoms with Crippen LogP contribution in [-0.2, 0) is 11.8 Å². The summed E-state index contributed by atoms with van der Waals surface area (Å²) in [4.78, 5) is 0. The summed E-state index contributed by atoms with van der Waals surface area (Å²) in [5.74, 6) is 0. The van der Waals surface area contributed by atoms with Gasteiger partial charge in [-0.3, -0.25) is 0 Å². The molecular weight excluding hydrogens is 276 g/mol. The first kappa shape index (κ1) is 19.2. The van der Waals surface area contributed by atoms with Crippen molar-refractivity contribution in [2.75, 3.05) is 0 Å². The van der Waals surface area contributed by atoms with Crippen LogP contribution in [0.2, 0.25) is 0 Å². The third-order valence-corrected chi connectivity index (χ3v) is 4.66. The highest BCUT2D eigenvalue weighted by molar-refractivity contribution is 5.70. The summed E-state index contributed by atoms with van der Waals surface area (Å²) in [5, 5.41) is 0.